The van der Waals surface area contributed by atoms with E-state index in [9.17, 15) is 9.59 Å². The monoisotopic (exact) mass is 457 g/mol. The molecule has 1 heterocycles. The number of rotatable bonds is 7. The highest BCUT2D eigenvalue weighted by molar-refractivity contribution is 7.15. The molecule has 1 aromatic heterocycles. The van der Waals surface area contributed by atoms with Crippen LogP contribution in [0.15, 0.2) is 84.2 Å². The average molecular weight is 458 g/mol. The minimum absolute atomic E-state index is 0.241. The van der Waals surface area contributed by atoms with Crippen molar-refractivity contribution in [1.82, 2.24) is 0 Å². The molecule has 0 bridgehead atoms. The van der Waals surface area contributed by atoms with Gasteiger partial charge in [-0.3, -0.25) is 4.79 Å². The van der Waals surface area contributed by atoms with Gasteiger partial charge in [0.2, 0.25) is 0 Å². The van der Waals surface area contributed by atoms with Gasteiger partial charge in [-0.2, -0.15) is 0 Å². The zero-order valence-electron chi connectivity index (χ0n) is 18.3. The quantitative estimate of drug-likeness (QED) is 0.321. The molecule has 0 aliphatic heterocycles. The molecule has 4 rings (SSSR count). The van der Waals surface area contributed by atoms with Crippen LogP contribution in [0.1, 0.15) is 27.6 Å². The maximum absolute atomic E-state index is 13.0. The summed E-state index contributed by atoms with van der Waals surface area (Å²) in [5.41, 5.74) is 4.50. The first-order chi connectivity index (χ1) is 16.1. The summed E-state index contributed by atoms with van der Waals surface area (Å²) < 4.78 is 10.5. The molecule has 1 N–H and O–H groups in total. The summed E-state index contributed by atoms with van der Waals surface area (Å²) in [5.74, 6) is -0.0401. The first-order valence-corrected chi connectivity index (χ1v) is 11.4. The maximum atomic E-state index is 13.0. The molecule has 0 unspecified atom stereocenters. The number of thiophene rings is 1. The summed E-state index contributed by atoms with van der Waals surface area (Å²) in [6.07, 6.45) is 0. The van der Waals surface area contributed by atoms with Crippen molar-refractivity contribution in [3.63, 3.8) is 0 Å². The number of hydrogen-bond acceptors (Lipinski definition) is 5. The van der Waals surface area contributed by atoms with E-state index in [0.29, 0.717) is 21.7 Å². The summed E-state index contributed by atoms with van der Waals surface area (Å²) >= 11 is 1.29. The molecule has 5 nitrogen and oxygen atoms in total. The predicted octanol–water partition coefficient (Wildman–Crippen LogP) is 6.52. The van der Waals surface area contributed by atoms with Crippen LogP contribution in [0.5, 0.6) is 5.75 Å². The Balaban J connectivity index is 1.61. The number of methoxy groups -OCH3 is 1. The molecule has 166 valence electrons. The van der Waals surface area contributed by atoms with Gasteiger partial charge < -0.3 is 14.8 Å². The van der Waals surface area contributed by atoms with Crippen LogP contribution in [0, 0.1) is 0 Å². The third-order valence-electron chi connectivity index (χ3n) is 5.15. The third-order valence-corrected chi connectivity index (χ3v) is 6.05. The molecule has 0 saturated carbocycles. The second-order valence-corrected chi connectivity index (χ2v) is 8.08. The van der Waals surface area contributed by atoms with Gasteiger partial charge in [0.15, 0.2) is 0 Å². The highest BCUT2D eigenvalue weighted by Gasteiger charge is 2.23. The Morgan fingerprint density at radius 2 is 1.48 bits per heavy atom. The van der Waals surface area contributed by atoms with Gasteiger partial charge in [0.1, 0.15) is 16.3 Å². The topological polar surface area (TPSA) is 64.6 Å². The highest BCUT2D eigenvalue weighted by atomic mass is 32.1. The molecule has 3 aromatic carbocycles. The van der Waals surface area contributed by atoms with E-state index in [2.05, 4.69) is 5.32 Å². The van der Waals surface area contributed by atoms with Gasteiger partial charge >= 0.3 is 5.97 Å². The van der Waals surface area contributed by atoms with E-state index in [4.69, 9.17) is 9.47 Å². The van der Waals surface area contributed by atoms with Gasteiger partial charge in [-0.1, -0.05) is 54.6 Å². The number of nitrogens with one attached hydrogen (secondary N) is 1. The molecule has 0 radical (unpaired) electrons. The first-order valence-electron chi connectivity index (χ1n) is 10.5. The molecule has 0 atom stereocenters. The number of hydrogen-bond donors (Lipinski definition) is 1. The third kappa shape index (κ3) is 4.96. The Hall–Kier alpha value is -3.90. The molecule has 6 heteroatoms. The Bertz CT molecular complexity index is 1250. The van der Waals surface area contributed by atoms with Gasteiger partial charge in [-0.05, 0) is 47.9 Å². The summed E-state index contributed by atoms with van der Waals surface area (Å²) in [7, 11) is 1.60. The number of carbonyl (C=O) groups is 2. The fourth-order valence-corrected chi connectivity index (χ4v) is 4.41. The number of esters is 1. The minimum atomic E-state index is -0.473. The average Bonchev–Trinajstić information content (AvgIpc) is 3.28. The molecular formula is C27H23NO4S. The predicted molar refractivity (Wildman–Crippen MR) is 132 cm³/mol. The molecule has 0 saturated heterocycles. The van der Waals surface area contributed by atoms with E-state index >= 15 is 0 Å². The Morgan fingerprint density at radius 1 is 0.848 bits per heavy atom. The zero-order chi connectivity index (χ0) is 23.2. The van der Waals surface area contributed by atoms with E-state index in [0.717, 1.165) is 22.4 Å². The number of amides is 1. The Morgan fingerprint density at radius 3 is 2.12 bits per heavy atom. The standard InChI is InChI=1S/C27H23NO4S/c1-3-32-27(30)24-23(20-13-15-22(31-2)16-14-20)17-33-26(24)28-25(29)21-11-9-19(10-12-21)18-7-5-4-6-8-18/h4-17H,3H2,1-2H3,(H,28,29). The summed E-state index contributed by atoms with van der Waals surface area (Å²) in [4.78, 5) is 25.7. The van der Waals surface area contributed by atoms with Crippen LogP contribution in [0.4, 0.5) is 5.00 Å². The Labute approximate surface area is 196 Å². The van der Waals surface area contributed by atoms with Gasteiger partial charge in [0.05, 0.1) is 13.7 Å². The van der Waals surface area contributed by atoms with Crippen LogP contribution in [0.25, 0.3) is 22.3 Å². The summed E-state index contributed by atoms with van der Waals surface area (Å²) in [5, 5.41) is 5.20. The molecule has 0 aliphatic carbocycles. The largest absolute Gasteiger partial charge is 0.497 e. The smallest absolute Gasteiger partial charge is 0.341 e. The summed E-state index contributed by atoms with van der Waals surface area (Å²) in [6, 6.07) is 24.7. The molecule has 0 aliphatic rings. The van der Waals surface area contributed by atoms with Crippen molar-refractivity contribution in [3.05, 3.63) is 95.4 Å². The molecular weight excluding hydrogens is 434 g/mol. The highest BCUT2D eigenvalue weighted by Crippen LogP contribution is 2.37. The van der Waals surface area contributed by atoms with Crippen molar-refractivity contribution in [2.45, 2.75) is 6.92 Å². The first kappa shape index (κ1) is 22.3. The van der Waals surface area contributed by atoms with Crippen molar-refractivity contribution in [3.8, 4) is 28.0 Å². The summed E-state index contributed by atoms with van der Waals surface area (Å²) in [6.45, 7) is 1.99. The lowest BCUT2D eigenvalue weighted by molar-refractivity contribution is 0.0529. The van der Waals surface area contributed by atoms with E-state index in [1.165, 1.54) is 11.3 Å². The van der Waals surface area contributed by atoms with Crippen molar-refractivity contribution in [2.24, 2.45) is 0 Å². The van der Waals surface area contributed by atoms with Gasteiger partial charge in [-0.15, -0.1) is 11.3 Å². The van der Waals surface area contributed by atoms with Crippen molar-refractivity contribution in [1.29, 1.82) is 0 Å². The van der Waals surface area contributed by atoms with E-state index in [1.807, 2.05) is 72.1 Å². The molecule has 33 heavy (non-hydrogen) atoms. The number of anilines is 1. The lowest BCUT2D eigenvalue weighted by atomic mass is 10.0. The second-order valence-electron chi connectivity index (χ2n) is 7.20. The minimum Gasteiger partial charge on any atom is -0.497 e. The van der Waals surface area contributed by atoms with Crippen LogP contribution in [0.2, 0.25) is 0 Å². The Kier molecular flexibility index (Phi) is 6.86. The van der Waals surface area contributed by atoms with Crippen LogP contribution in [-0.4, -0.2) is 25.6 Å². The molecule has 0 spiro atoms. The van der Waals surface area contributed by atoms with E-state index in [1.54, 1.807) is 26.2 Å². The fourth-order valence-electron chi connectivity index (χ4n) is 3.46. The molecule has 1 amide bonds. The van der Waals surface area contributed by atoms with Crippen molar-refractivity contribution < 1.29 is 19.1 Å². The van der Waals surface area contributed by atoms with E-state index in [-0.39, 0.29) is 12.5 Å². The second kappa shape index (κ2) is 10.1. The van der Waals surface area contributed by atoms with Crippen molar-refractivity contribution in [2.75, 3.05) is 19.0 Å². The zero-order valence-corrected chi connectivity index (χ0v) is 19.1. The van der Waals surface area contributed by atoms with Crippen LogP contribution < -0.4 is 10.1 Å². The maximum Gasteiger partial charge on any atom is 0.341 e. The number of benzene rings is 3. The number of ether oxygens (including phenoxy) is 2. The van der Waals surface area contributed by atoms with Crippen LogP contribution in [-0.2, 0) is 4.74 Å². The van der Waals surface area contributed by atoms with Gasteiger partial charge in [0.25, 0.3) is 5.91 Å². The van der Waals surface area contributed by atoms with Gasteiger partial charge in [0, 0.05) is 16.5 Å². The van der Waals surface area contributed by atoms with Crippen LogP contribution in [0.3, 0.4) is 0 Å². The lowest BCUT2D eigenvalue weighted by Gasteiger charge is -2.10. The molecule has 0 fully saturated rings. The van der Waals surface area contributed by atoms with Gasteiger partial charge in [-0.25, -0.2) is 4.79 Å². The molecule has 4 aromatic rings. The fraction of sp³-hybridized carbons (Fsp3) is 0.111. The number of carbonyl (C=O) groups excluding carboxylic acids is 2. The van der Waals surface area contributed by atoms with Crippen molar-refractivity contribution >= 4 is 28.2 Å². The lowest BCUT2D eigenvalue weighted by Crippen LogP contribution is -2.14. The van der Waals surface area contributed by atoms with Crippen LogP contribution >= 0.6 is 11.3 Å². The SMILES string of the molecule is CCOC(=O)c1c(-c2ccc(OC)cc2)csc1NC(=O)c1ccc(-c2ccccc2)cc1. The van der Waals surface area contributed by atoms with E-state index < -0.39 is 5.97 Å². The normalized spacial score (nSPS) is 10.5.